The van der Waals surface area contributed by atoms with E-state index in [0.717, 1.165) is 11.3 Å². The molecule has 0 aliphatic carbocycles. The molecule has 0 bridgehead atoms. The molecule has 0 fully saturated rings. The molecule has 2 heterocycles. The van der Waals surface area contributed by atoms with E-state index in [9.17, 15) is 0 Å². The Kier molecular flexibility index (Phi) is 4.57. The Labute approximate surface area is 111 Å². The molecule has 19 heavy (non-hydrogen) atoms. The van der Waals surface area contributed by atoms with Crippen molar-refractivity contribution in [3.63, 3.8) is 0 Å². The van der Waals surface area contributed by atoms with Gasteiger partial charge in [-0.3, -0.25) is 0 Å². The molecule has 0 radical (unpaired) electrons. The molecule has 2 aromatic rings. The first-order valence-electron chi connectivity index (χ1n) is 5.72. The van der Waals surface area contributed by atoms with Crippen LogP contribution in [0.4, 0.5) is 0 Å². The molecular formula is C12H15N5O2. The lowest BCUT2D eigenvalue weighted by Crippen LogP contribution is -2.16. The molecule has 7 nitrogen and oxygen atoms in total. The van der Waals surface area contributed by atoms with Crippen molar-refractivity contribution < 1.29 is 9.47 Å². The van der Waals surface area contributed by atoms with Gasteiger partial charge in [0.1, 0.15) is 12.7 Å². The van der Waals surface area contributed by atoms with E-state index < -0.39 is 0 Å². The topological polar surface area (TPSA) is 82.1 Å². The second-order valence-corrected chi connectivity index (χ2v) is 3.68. The molecule has 0 spiro atoms. The average Bonchev–Trinajstić information content (AvgIpc) is 2.48. The zero-order valence-corrected chi connectivity index (χ0v) is 10.8. The Bertz CT molecular complexity index is 499. The number of methoxy groups -OCH3 is 2. The van der Waals surface area contributed by atoms with Gasteiger partial charge in [-0.25, -0.2) is 19.9 Å². The van der Waals surface area contributed by atoms with Crippen LogP contribution in [-0.4, -0.2) is 34.2 Å². The minimum atomic E-state index is 0.502. The van der Waals surface area contributed by atoms with E-state index in [0.29, 0.717) is 24.8 Å². The van der Waals surface area contributed by atoms with Crippen LogP contribution in [0.25, 0.3) is 0 Å². The maximum Gasteiger partial charge on any atom is 0.224 e. The van der Waals surface area contributed by atoms with Crippen LogP contribution in [0, 0.1) is 0 Å². The molecule has 2 aromatic heterocycles. The molecule has 0 saturated carbocycles. The highest BCUT2D eigenvalue weighted by Gasteiger charge is 2.12. The molecule has 0 saturated heterocycles. The molecule has 0 aliphatic heterocycles. The van der Waals surface area contributed by atoms with Gasteiger partial charge in [-0.2, -0.15) is 0 Å². The summed E-state index contributed by atoms with van der Waals surface area (Å²) >= 11 is 0. The second-order valence-electron chi connectivity index (χ2n) is 3.68. The highest BCUT2D eigenvalue weighted by atomic mass is 16.5. The summed E-state index contributed by atoms with van der Waals surface area (Å²) in [5.41, 5.74) is 1.69. The largest absolute Gasteiger partial charge is 0.481 e. The number of rotatable bonds is 6. The SMILES string of the molecule is COc1ncnc(OC)c1CNCc1ccncn1. The van der Waals surface area contributed by atoms with E-state index in [4.69, 9.17) is 9.47 Å². The molecule has 100 valence electrons. The fourth-order valence-electron chi connectivity index (χ4n) is 1.62. The zero-order chi connectivity index (χ0) is 13.5. The van der Waals surface area contributed by atoms with Crippen LogP contribution in [0.15, 0.2) is 24.9 Å². The van der Waals surface area contributed by atoms with Crippen molar-refractivity contribution in [1.29, 1.82) is 0 Å². The van der Waals surface area contributed by atoms with Crippen molar-refractivity contribution in [3.8, 4) is 11.8 Å². The molecule has 0 atom stereocenters. The number of ether oxygens (including phenoxy) is 2. The van der Waals surface area contributed by atoms with E-state index in [2.05, 4.69) is 25.3 Å². The third kappa shape index (κ3) is 3.35. The number of aromatic nitrogens is 4. The van der Waals surface area contributed by atoms with Crippen LogP contribution >= 0.6 is 0 Å². The molecule has 2 rings (SSSR count). The van der Waals surface area contributed by atoms with E-state index in [-0.39, 0.29) is 0 Å². The van der Waals surface area contributed by atoms with Crippen LogP contribution in [0.3, 0.4) is 0 Å². The first kappa shape index (κ1) is 13.2. The smallest absolute Gasteiger partial charge is 0.224 e. The molecular weight excluding hydrogens is 246 g/mol. The Hall–Kier alpha value is -2.28. The number of nitrogens with zero attached hydrogens (tertiary/aromatic N) is 4. The van der Waals surface area contributed by atoms with Gasteiger partial charge in [0, 0.05) is 19.3 Å². The van der Waals surface area contributed by atoms with Gasteiger partial charge in [-0.1, -0.05) is 0 Å². The van der Waals surface area contributed by atoms with Crippen molar-refractivity contribution in [1.82, 2.24) is 25.3 Å². The first-order valence-corrected chi connectivity index (χ1v) is 5.72. The van der Waals surface area contributed by atoms with E-state index >= 15 is 0 Å². The number of hydrogen-bond acceptors (Lipinski definition) is 7. The number of nitrogens with one attached hydrogen (secondary N) is 1. The summed E-state index contributed by atoms with van der Waals surface area (Å²) in [4.78, 5) is 16.1. The van der Waals surface area contributed by atoms with E-state index in [1.54, 1.807) is 20.4 Å². The normalized spacial score (nSPS) is 10.2. The summed E-state index contributed by atoms with van der Waals surface area (Å²) in [5.74, 6) is 1.00. The van der Waals surface area contributed by atoms with Crippen LogP contribution in [0.1, 0.15) is 11.3 Å². The van der Waals surface area contributed by atoms with Gasteiger partial charge in [0.15, 0.2) is 0 Å². The summed E-state index contributed by atoms with van der Waals surface area (Å²) in [6.45, 7) is 1.14. The Morgan fingerprint density at radius 3 is 2.32 bits per heavy atom. The quantitative estimate of drug-likeness (QED) is 0.814. The first-order chi connectivity index (χ1) is 9.35. The van der Waals surface area contributed by atoms with Crippen LogP contribution in [0.5, 0.6) is 11.8 Å². The van der Waals surface area contributed by atoms with Crippen molar-refractivity contribution in [2.45, 2.75) is 13.1 Å². The van der Waals surface area contributed by atoms with Gasteiger partial charge >= 0.3 is 0 Å². The summed E-state index contributed by atoms with van der Waals surface area (Å²) in [6.07, 6.45) is 4.63. The fourth-order valence-corrected chi connectivity index (χ4v) is 1.62. The van der Waals surface area contributed by atoms with Gasteiger partial charge in [-0.05, 0) is 6.07 Å². The minimum Gasteiger partial charge on any atom is -0.481 e. The lowest BCUT2D eigenvalue weighted by molar-refractivity contribution is 0.359. The molecule has 7 heteroatoms. The fraction of sp³-hybridized carbons (Fsp3) is 0.333. The summed E-state index contributed by atoms with van der Waals surface area (Å²) in [5, 5.41) is 3.24. The summed E-state index contributed by atoms with van der Waals surface area (Å²) in [6, 6.07) is 1.85. The highest BCUT2D eigenvalue weighted by molar-refractivity contribution is 5.34. The lowest BCUT2D eigenvalue weighted by Gasteiger charge is -2.11. The van der Waals surface area contributed by atoms with Gasteiger partial charge in [0.25, 0.3) is 0 Å². The molecule has 1 N–H and O–H groups in total. The third-order valence-electron chi connectivity index (χ3n) is 2.50. The predicted octanol–water partition coefficient (Wildman–Crippen LogP) is 0.574. The minimum absolute atomic E-state index is 0.502. The number of hydrogen-bond donors (Lipinski definition) is 1. The van der Waals surface area contributed by atoms with Crippen molar-refractivity contribution in [2.24, 2.45) is 0 Å². The van der Waals surface area contributed by atoms with Gasteiger partial charge < -0.3 is 14.8 Å². The third-order valence-corrected chi connectivity index (χ3v) is 2.50. The molecule has 0 unspecified atom stereocenters. The monoisotopic (exact) mass is 261 g/mol. The molecule has 0 aliphatic rings. The van der Waals surface area contributed by atoms with Crippen molar-refractivity contribution in [2.75, 3.05) is 14.2 Å². The maximum atomic E-state index is 5.19. The summed E-state index contributed by atoms with van der Waals surface area (Å²) < 4.78 is 10.4. The zero-order valence-electron chi connectivity index (χ0n) is 10.8. The maximum absolute atomic E-state index is 5.19. The van der Waals surface area contributed by atoms with Crippen LogP contribution in [0.2, 0.25) is 0 Å². The van der Waals surface area contributed by atoms with E-state index in [1.807, 2.05) is 6.07 Å². The van der Waals surface area contributed by atoms with Crippen LogP contribution < -0.4 is 14.8 Å². The highest BCUT2D eigenvalue weighted by Crippen LogP contribution is 2.22. The standard InChI is InChI=1S/C12H15N5O2/c1-18-11-10(12(19-2)17-8-16-11)6-14-5-9-3-4-13-7-15-9/h3-4,7-8,14H,5-6H2,1-2H3. The van der Waals surface area contributed by atoms with Gasteiger partial charge in [0.2, 0.25) is 11.8 Å². The second kappa shape index (κ2) is 6.60. The van der Waals surface area contributed by atoms with Gasteiger partial charge in [-0.15, -0.1) is 0 Å². The summed E-state index contributed by atoms with van der Waals surface area (Å²) in [7, 11) is 3.13. The lowest BCUT2D eigenvalue weighted by atomic mass is 10.3. The van der Waals surface area contributed by atoms with Crippen molar-refractivity contribution >= 4 is 0 Å². The molecule has 0 aromatic carbocycles. The average molecular weight is 261 g/mol. The Balaban J connectivity index is 2.02. The van der Waals surface area contributed by atoms with E-state index in [1.165, 1.54) is 12.7 Å². The van der Waals surface area contributed by atoms with Gasteiger partial charge in [0.05, 0.1) is 25.5 Å². The van der Waals surface area contributed by atoms with Crippen LogP contribution in [-0.2, 0) is 13.1 Å². The predicted molar refractivity (Wildman–Crippen MR) is 67.7 cm³/mol. The Morgan fingerprint density at radius 2 is 1.74 bits per heavy atom. The Morgan fingerprint density at radius 1 is 1.00 bits per heavy atom. The molecule has 0 amide bonds. The van der Waals surface area contributed by atoms with Crippen molar-refractivity contribution in [3.05, 3.63) is 36.2 Å².